The first-order valence-electron chi connectivity index (χ1n) is 5.25. The van der Waals surface area contributed by atoms with Gasteiger partial charge in [-0.25, -0.2) is 4.79 Å². The van der Waals surface area contributed by atoms with Gasteiger partial charge in [0, 0.05) is 17.8 Å². The lowest BCUT2D eigenvalue weighted by Crippen LogP contribution is -2.29. The van der Waals surface area contributed by atoms with Crippen LogP contribution in [-0.4, -0.2) is 21.3 Å². The number of ether oxygens (including phenoxy) is 1. The second-order valence-corrected chi connectivity index (χ2v) is 3.60. The molecule has 1 unspecified atom stereocenters. The molecule has 0 aromatic carbocycles. The van der Waals surface area contributed by atoms with Gasteiger partial charge < -0.3 is 14.3 Å². The molecule has 1 atom stereocenters. The fraction of sp³-hybridized carbons (Fsp3) is 0.273. The van der Waals surface area contributed by atoms with Crippen LogP contribution in [0.2, 0.25) is 0 Å². The lowest BCUT2D eigenvalue weighted by molar-refractivity contribution is -0.0275. The van der Waals surface area contributed by atoms with Crippen molar-refractivity contribution in [1.29, 1.82) is 0 Å². The van der Waals surface area contributed by atoms with Crippen molar-refractivity contribution in [1.82, 2.24) is 9.55 Å². The van der Waals surface area contributed by atoms with Gasteiger partial charge >= 0.3 is 5.69 Å². The minimum Gasteiger partial charge on any atom is -0.472 e. The van der Waals surface area contributed by atoms with Gasteiger partial charge in [0.15, 0.2) is 0 Å². The van der Waals surface area contributed by atoms with E-state index in [2.05, 4.69) is 4.98 Å². The molecule has 2 aromatic heterocycles. The Morgan fingerprint density at radius 2 is 2.28 bits per heavy atom. The number of aromatic amines is 1. The summed E-state index contributed by atoms with van der Waals surface area (Å²) in [5, 5.41) is 9.18. The topological polar surface area (TPSA) is 97.5 Å². The minimum absolute atomic E-state index is 0.0774. The fourth-order valence-corrected chi connectivity index (χ4v) is 1.43. The molecule has 0 saturated carbocycles. The van der Waals surface area contributed by atoms with Gasteiger partial charge in [-0.05, 0) is 6.07 Å². The minimum atomic E-state index is -0.581. The smallest absolute Gasteiger partial charge is 0.330 e. The molecule has 0 aliphatic heterocycles. The van der Waals surface area contributed by atoms with E-state index >= 15 is 0 Å². The molecule has 2 N–H and O–H groups in total. The lowest BCUT2D eigenvalue weighted by atomic mass is 10.2. The molecule has 0 saturated heterocycles. The summed E-state index contributed by atoms with van der Waals surface area (Å²) in [6, 6.07) is 2.88. The molecule has 96 valence electrons. The maximum absolute atomic E-state index is 11.4. The van der Waals surface area contributed by atoms with Crippen molar-refractivity contribution in [3.05, 3.63) is 57.3 Å². The summed E-state index contributed by atoms with van der Waals surface area (Å²) in [5.74, 6) is 0. The monoisotopic (exact) mass is 252 g/mol. The van der Waals surface area contributed by atoms with Crippen LogP contribution in [0.1, 0.15) is 11.7 Å². The molecule has 7 heteroatoms. The predicted octanol–water partition coefficient (Wildman–Crippen LogP) is -0.163. The zero-order valence-corrected chi connectivity index (χ0v) is 9.41. The molecule has 0 amide bonds. The first-order chi connectivity index (χ1) is 8.70. The van der Waals surface area contributed by atoms with E-state index in [1.807, 2.05) is 0 Å². The van der Waals surface area contributed by atoms with Crippen LogP contribution in [0.3, 0.4) is 0 Å². The second-order valence-electron chi connectivity index (χ2n) is 3.60. The van der Waals surface area contributed by atoms with Crippen LogP contribution in [0.4, 0.5) is 0 Å². The number of hydrogen-bond acceptors (Lipinski definition) is 5. The molecule has 2 rings (SSSR count). The van der Waals surface area contributed by atoms with Crippen LogP contribution in [0, 0.1) is 0 Å². The number of nitrogens with one attached hydrogen (secondary N) is 1. The number of aliphatic hydroxyl groups excluding tert-OH is 1. The van der Waals surface area contributed by atoms with Gasteiger partial charge in [0.25, 0.3) is 5.56 Å². The second kappa shape index (κ2) is 5.48. The van der Waals surface area contributed by atoms with Crippen molar-refractivity contribution in [3.63, 3.8) is 0 Å². The normalized spacial score (nSPS) is 12.5. The van der Waals surface area contributed by atoms with Gasteiger partial charge in [0.2, 0.25) is 0 Å². The Labute approximate surface area is 101 Å². The third-order valence-electron chi connectivity index (χ3n) is 2.39. The molecule has 7 nitrogen and oxygen atoms in total. The molecule has 2 heterocycles. The van der Waals surface area contributed by atoms with E-state index in [0.29, 0.717) is 5.56 Å². The summed E-state index contributed by atoms with van der Waals surface area (Å²) in [7, 11) is 0. The SMILES string of the molecule is O=c1ccn(COC(CO)c2ccoc2)c(=O)[nH]1. The highest BCUT2D eigenvalue weighted by Crippen LogP contribution is 2.17. The number of aliphatic hydroxyl groups is 1. The third kappa shape index (κ3) is 2.76. The van der Waals surface area contributed by atoms with Crippen LogP contribution in [0.5, 0.6) is 0 Å². The van der Waals surface area contributed by atoms with Crippen molar-refractivity contribution in [2.75, 3.05) is 6.61 Å². The zero-order valence-electron chi connectivity index (χ0n) is 9.41. The molecular formula is C11H12N2O5. The summed E-state index contributed by atoms with van der Waals surface area (Å²) >= 11 is 0. The Morgan fingerprint density at radius 1 is 1.44 bits per heavy atom. The standard InChI is InChI=1S/C11H12N2O5/c14-5-9(8-2-4-17-6-8)18-7-13-3-1-10(15)12-11(13)16/h1-4,6,9,14H,5,7H2,(H,12,15,16). The van der Waals surface area contributed by atoms with Crippen molar-refractivity contribution >= 4 is 0 Å². The molecule has 2 aromatic rings. The molecule has 0 fully saturated rings. The van der Waals surface area contributed by atoms with E-state index in [1.54, 1.807) is 6.07 Å². The van der Waals surface area contributed by atoms with Crippen molar-refractivity contribution in [3.8, 4) is 0 Å². The Morgan fingerprint density at radius 3 is 2.89 bits per heavy atom. The molecule has 0 bridgehead atoms. The van der Waals surface area contributed by atoms with Gasteiger partial charge in [-0.1, -0.05) is 0 Å². The van der Waals surface area contributed by atoms with E-state index in [0.717, 1.165) is 0 Å². The Bertz CT molecular complexity index is 598. The number of nitrogens with zero attached hydrogens (tertiary/aromatic N) is 1. The van der Waals surface area contributed by atoms with Crippen LogP contribution in [0.15, 0.2) is 44.9 Å². The third-order valence-corrected chi connectivity index (χ3v) is 2.39. The summed E-state index contributed by atoms with van der Waals surface area (Å²) in [6.07, 6.45) is 3.66. The highest BCUT2D eigenvalue weighted by atomic mass is 16.5. The van der Waals surface area contributed by atoms with E-state index < -0.39 is 17.4 Å². The van der Waals surface area contributed by atoms with E-state index in [4.69, 9.17) is 9.15 Å². The number of hydrogen-bond donors (Lipinski definition) is 2. The van der Waals surface area contributed by atoms with E-state index in [-0.39, 0.29) is 13.3 Å². The highest BCUT2D eigenvalue weighted by Gasteiger charge is 2.12. The van der Waals surface area contributed by atoms with Crippen molar-refractivity contribution in [2.45, 2.75) is 12.8 Å². The van der Waals surface area contributed by atoms with Crippen LogP contribution in [0.25, 0.3) is 0 Å². The first kappa shape index (κ1) is 12.3. The fourth-order valence-electron chi connectivity index (χ4n) is 1.43. The van der Waals surface area contributed by atoms with Crippen LogP contribution >= 0.6 is 0 Å². The van der Waals surface area contributed by atoms with Gasteiger partial charge in [-0.3, -0.25) is 14.3 Å². The van der Waals surface area contributed by atoms with Gasteiger partial charge in [0.1, 0.15) is 12.8 Å². The van der Waals surface area contributed by atoms with E-state index in [1.165, 1.54) is 29.4 Å². The maximum Gasteiger partial charge on any atom is 0.330 e. The number of rotatable bonds is 5. The van der Waals surface area contributed by atoms with Gasteiger partial charge in [-0.15, -0.1) is 0 Å². The maximum atomic E-state index is 11.4. The zero-order chi connectivity index (χ0) is 13.0. The largest absolute Gasteiger partial charge is 0.472 e. The van der Waals surface area contributed by atoms with Crippen LogP contribution in [-0.2, 0) is 11.5 Å². The number of furan rings is 1. The van der Waals surface area contributed by atoms with Gasteiger partial charge in [-0.2, -0.15) is 0 Å². The highest BCUT2D eigenvalue weighted by molar-refractivity contribution is 5.09. The average molecular weight is 252 g/mol. The van der Waals surface area contributed by atoms with E-state index in [9.17, 15) is 14.7 Å². The molecule has 0 aliphatic rings. The number of H-pyrrole nitrogens is 1. The number of aromatic nitrogens is 2. The Balaban J connectivity index is 2.06. The summed E-state index contributed by atoms with van der Waals surface area (Å²) in [5.41, 5.74) is -0.355. The molecular weight excluding hydrogens is 240 g/mol. The quantitative estimate of drug-likeness (QED) is 0.770. The summed E-state index contributed by atoms with van der Waals surface area (Å²) in [4.78, 5) is 24.3. The van der Waals surface area contributed by atoms with Gasteiger partial charge in [0.05, 0.1) is 19.1 Å². The summed E-state index contributed by atoms with van der Waals surface area (Å²) in [6.45, 7) is -0.316. The molecule has 18 heavy (non-hydrogen) atoms. The Kier molecular flexibility index (Phi) is 3.75. The van der Waals surface area contributed by atoms with Crippen molar-refractivity contribution in [2.24, 2.45) is 0 Å². The predicted molar refractivity (Wildman–Crippen MR) is 60.9 cm³/mol. The first-order valence-corrected chi connectivity index (χ1v) is 5.25. The average Bonchev–Trinajstić information content (AvgIpc) is 2.86. The van der Waals surface area contributed by atoms with Crippen molar-refractivity contribution < 1.29 is 14.3 Å². The molecule has 0 radical (unpaired) electrons. The Hall–Kier alpha value is -2.12. The lowest BCUT2D eigenvalue weighted by Gasteiger charge is -2.14. The molecule has 0 spiro atoms. The molecule has 0 aliphatic carbocycles. The van der Waals surface area contributed by atoms with Crippen LogP contribution < -0.4 is 11.2 Å². The summed E-state index contributed by atoms with van der Waals surface area (Å²) < 4.78 is 11.4.